The molecule has 118 valence electrons. The van der Waals surface area contributed by atoms with E-state index in [-0.39, 0.29) is 12.1 Å². The van der Waals surface area contributed by atoms with Gasteiger partial charge in [0.15, 0.2) is 5.82 Å². The molecule has 2 N–H and O–H groups in total. The van der Waals surface area contributed by atoms with Crippen molar-refractivity contribution >= 4 is 28.9 Å². The van der Waals surface area contributed by atoms with Gasteiger partial charge in [0.25, 0.3) is 0 Å². The van der Waals surface area contributed by atoms with E-state index in [9.17, 15) is 4.79 Å². The molecule has 0 fully saturated rings. The minimum Gasteiger partial charge on any atom is -0.375 e. The summed E-state index contributed by atoms with van der Waals surface area (Å²) in [7, 11) is 3.84. The van der Waals surface area contributed by atoms with E-state index in [0.717, 1.165) is 12.1 Å². The van der Waals surface area contributed by atoms with Gasteiger partial charge in [-0.2, -0.15) is 0 Å². The maximum absolute atomic E-state index is 12.1. The molecule has 2 heterocycles. The van der Waals surface area contributed by atoms with Gasteiger partial charge in [0.1, 0.15) is 0 Å². The topological polar surface area (TPSA) is 57.3 Å². The molecule has 0 aliphatic carbocycles. The molecule has 1 atom stereocenters. The van der Waals surface area contributed by atoms with Crippen molar-refractivity contribution in [1.29, 1.82) is 0 Å². The number of aryl methyl sites for hydroxylation is 1. The molecule has 0 saturated heterocycles. The Morgan fingerprint density at radius 2 is 2.14 bits per heavy atom. The van der Waals surface area contributed by atoms with Gasteiger partial charge in [0.05, 0.1) is 5.69 Å². The lowest BCUT2D eigenvalue weighted by atomic mass is 10.2. The summed E-state index contributed by atoms with van der Waals surface area (Å²) in [5, 5.41) is 5.76. The van der Waals surface area contributed by atoms with Crippen LogP contribution in [0, 0.1) is 6.92 Å². The van der Waals surface area contributed by atoms with Gasteiger partial charge >= 0.3 is 6.03 Å². The molecule has 0 aliphatic heterocycles. The lowest BCUT2D eigenvalue weighted by Gasteiger charge is -2.18. The molecule has 0 spiro atoms. The number of rotatable bonds is 5. The molecule has 22 heavy (non-hydrogen) atoms. The molecular weight excluding hydrogens is 296 g/mol. The van der Waals surface area contributed by atoms with Crippen molar-refractivity contribution < 1.29 is 4.79 Å². The third kappa shape index (κ3) is 4.46. The molecule has 2 aromatic heterocycles. The lowest BCUT2D eigenvalue weighted by molar-refractivity contribution is 0.249. The third-order valence-corrected chi connectivity index (χ3v) is 4.20. The first-order chi connectivity index (χ1) is 10.5. The van der Waals surface area contributed by atoms with Crippen molar-refractivity contribution in [2.24, 2.45) is 0 Å². The largest absolute Gasteiger partial charge is 0.375 e. The Morgan fingerprint density at radius 1 is 1.36 bits per heavy atom. The quantitative estimate of drug-likeness (QED) is 0.889. The average molecular weight is 318 g/mol. The summed E-state index contributed by atoms with van der Waals surface area (Å²) in [5.41, 5.74) is 0.874. The Kier molecular flexibility index (Phi) is 5.38. The molecule has 6 heteroatoms. The standard InChI is InChI=1S/C16H22N4OS/c1-11(10-13-8-7-12(2)22-13)18-16(21)19-15-14(20(3)4)6-5-9-17-15/h5-9,11H,10H2,1-4H3,(H2,17,18,19,21)/t11-/m0/s1. The number of aromatic nitrogens is 1. The number of pyridine rings is 1. The van der Waals surface area contributed by atoms with Crippen LogP contribution in [0.15, 0.2) is 30.5 Å². The first-order valence-corrected chi connectivity index (χ1v) is 8.02. The van der Waals surface area contributed by atoms with E-state index in [1.807, 2.05) is 38.1 Å². The van der Waals surface area contributed by atoms with Gasteiger partial charge in [-0.1, -0.05) is 0 Å². The molecule has 0 aliphatic rings. The number of carbonyl (C=O) groups is 1. The Balaban J connectivity index is 1.92. The Morgan fingerprint density at radius 3 is 2.77 bits per heavy atom. The SMILES string of the molecule is Cc1ccc(C[C@H](C)NC(=O)Nc2ncccc2N(C)C)s1. The normalized spacial score (nSPS) is 11.8. The zero-order chi connectivity index (χ0) is 16.1. The minimum atomic E-state index is -0.234. The number of carbonyl (C=O) groups excluding carboxylic acids is 1. The smallest absolute Gasteiger partial charge is 0.320 e. The summed E-state index contributed by atoms with van der Waals surface area (Å²) in [5.74, 6) is 0.559. The number of thiophene rings is 1. The number of anilines is 2. The Hall–Kier alpha value is -2.08. The van der Waals surface area contributed by atoms with Gasteiger partial charge in [-0.25, -0.2) is 9.78 Å². The number of amides is 2. The number of nitrogens with one attached hydrogen (secondary N) is 2. The number of hydrogen-bond acceptors (Lipinski definition) is 4. The third-order valence-electron chi connectivity index (χ3n) is 3.18. The van der Waals surface area contributed by atoms with Crippen LogP contribution in [0.4, 0.5) is 16.3 Å². The van der Waals surface area contributed by atoms with E-state index >= 15 is 0 Å². The molecule has 2 amide bonds. The zero-order valence-corrected chi connectivity index (χ0v) is 14.2. The zero-order valence-electron chi connectivity index (χ0n) is 13.4. The molecule has 0 saturated carbocycles. The maximum Gasteiger partial charge on any atom is 0.320 e. The first-order valence-electron chi connectivity index (χ1n) is 7.21. The van der Waals surface area contributed by atoms with E-state index < -0.39 is 0 Å². The van der Waals surface area contributed by atoms with Crippen molar-refractivity contribution in [3.05, 3.63) is 40.2 Å². The van der Waals surface area contributed by atoms with Gasteiger partial charge in [-0.05, 0) is 38.1 Å². The molecular formula is C16H22N4OS. The average Bonchev–Trinajstić information content (AvgIpc) is 2.83. The molecule has 0 unspecified atom stereocenters. The molecule has 2 rings (SSSR count). The van der Waals surface area contributed by atoms with Gasteiger partial charge in [-0.15, -0.1) is 11.3 Å². The summed E-state index contributed by atoms with van der Waals surface area (Å²) < 4.78 is 0. The predicted molar refractivity (Wildman–Crippen MR) is 92.9 cm³/mol. The second-order valence-electron chi connectivity index (χ2n) is 5.48. The van der Waals surface area contributed by atoms with Crippen molar-refractivity contribution in [2.75, 3.05) is 24.3 Å². The highest BCUT2D eigenvalue weighted by molar-refractivity contribution is 7.11. The van der Waals surface area contributed by atoms with Crippen LogP contribution in [0.2, 0.25) is 0 Å². The van der Waals surface area contributed by atoms with Crippen molar-refractivity contribution in [3.63, 3.8) is 0 Å². The number of urea groups is 1. The summed E-state index contributed by atoms with van der Waals surface area (Å²) in [6.45, 7) is 4.09. The van der Waals surface area contributed by atoms with E-state index in [2.05, 4.69) is 34.7 Å². The molecule has 0 bridgehead atoms. The van der Waals surface area contributed by atoms with Crippen LogP contribution in [-0.4, -0.2) is 31.2 Å². The predicted octanol–water partition coefficient (Wildman–Crippen LogP) is 3.27. The van der Waals surface area contributed by atoms with Crippen LogP contribution in [0.25, 0.3) is 0 Å². The van der Waals surface area contributed by atoms with Crippen LogP contribution in [0.1, 0.15) is 16.7 Å². The Bertz CT molecular complexity index is 639. The van der Waals surface area contributed by atoms with Crippen molar-refractivity contribution in [3.8, 4) is 0 Å². The monoisotopic (exact) mass is 318 g/mol. The van der Waals surface area contributed by atoms with E-state index in [4.69, 9.17) is 0 Å². The lowest BCUT2D eigenvalue weighted by Crippen LogP contribution is -2.37. The van der Waals surface area contributed by atoms with Crippen LogP contribution in [0.3, 0.4) is 0 Å². The maximum atomic E-state index is 12.1. The van der Waals surface area contributed by atoms with Crippen LogP contribution in [-0.2, 0) is 6.42 Å². The number of nitrogens with zero attached hydrogens (tertiary/aromatic N) is 2. The second-order valence-corrected chi connectivity index (χ2v) is 6.85. The van der Waals surface area contributed by atoms with Gasteiger partial charge in [0, 0.05) is 42.5 Å². The van der Waals surface area contributed by atoms with E-state index in [1.54, 1.807) is 17.5 Å². The van der Waals surface area contributed by atoms with Crippen LogP contribution < -0.4 is 15.5 Å². The summed E-state index contributed by atoms with van der Waals surface area (Å²) in [6, 6.07) is 7.80. The minimum absolute atomic E-state index is 0.0598. The molecule has 5 nitrogen and oxygen atoms in total. The highest BCUT2D eigenvalue weighted by Gasteiger charge is 2.12. The Labute approximate surface area is 135 Å². The van der Waals surface area contributed by atoms with Gasteiger partial charge < -0.3 is 10.2 Å². The fourth-order valence-electron chi connectivity index (χ4n) is 2.17. The van der Waals surface area contributed by atoms with Gasteiger partial charge in [-0.3, -0.25) is 5.32 Å². The summed E-state index contributed by atoms with van der Waals surface area (Å²) in [6.07, 6.45) is 2.50. The highest BCUT2D eigenvalue weighted by atomic mass is 32.1. The first kappa shape index (κ1) is 16.3. The fraction of sp³-hybridized carbons (Fsp3) is 0.375. The van der Waals surface area contributed by atoms with Crippen molar-refractivity contribution in [2.45, 2.75) is 26.3 Å². The fourth-order valence-corrected chi connectivity index (χ4v) is 3.19. The molecule has 0 aromatic carbocycles. The molecule has 2 aromatic rings. The van der Waals surface area contributed by atoms with E-state index in [0.29, 0.717) is 5.82 Å². The van der Waals surface area contributed by atoms with Crippen LogP contribution >= 0.6 is 11.3 Å². The van der Waals surface area contributed by atoms with E-state index in [1.165, 1.54) is 9.75 Å². The van der Waals surface area contributed by atoms with Gasteiger partial charge in [0.2, 0.25) is 0 Å². The molecule has 0 radical (unpaired) electrons. The second kappa shape index (κ2) is 7.26. The summed E-state index contributed by atoms with van der Waals surface area (Å²) in [4.78, 5) is 20.8. The summed E-state index contributed by atoms with van der Waals surface area (Å²) >= 11 is 1.76. The highest BCUT2D eigenvalue weighted by Crippen LogP contribution is 2.20. The van der Waals surface area contributed by atoms with Crippen LogP contribution in [0.5, 0.6) is 0 Å². The van der Waals surface area contributed by atoms with Crippen molar-refractivity contribution in [1.82, 2.24) is 10.3 Å². The number of hydrogen-bond donors (Lipinski definition) is 2.